The first-order chi connectivity index (χ1) is 9.95. The van der Waals surface area contributed by atoms with Crippen molar-refractivity contribution in [2.24, 2.45) is 0 Å². The van der Waals surface area contributed by atoms with Crippen LogP contribution in [-0.4, -0.2) is 27.0 Å². The summed E-state index contributed by atoms with van der Waals surface area (Å²) in [6, 6.07) is 0. The van der Waals surface area contributed by atoms with E-state index in [9.17, 15) is 9.59 Å². The lowest BCUT2D eigenvalue weighted by Gasteiger charge is -2.00. The Morgan fingerprint density at radius 3 is 2.48 bits per heavy atom. The van der Waals surface area contributed by atoms with Crippen molar-refractivity contribution in [1.82, 2.24) is 9.97 Å². The van der Waals surface area contributed by atoms with E-state index < -0.39 is 5.97 Å². The summed E-state index contributed by atoms with van der Waals surface area (Å²) >= 11 is 2.40. The number of nitrogens with one attached hydrogen (secondary N) is 1. The van der Waals surface area contributed by atoms with Crippen molar-refractivity contribution >= 4 is 39.7 Å². The van der Waals surface area contributed by atoms with E-state index in [4.69, 9.17) is 5.11 Å². The maximum atomic E-state index is 11.8. The molecule has 0 radical (unpaired) electrons. The number of amides is 1. The van der Waals surface area contributed by atoms with E-state index in [1.807, 2.05) is 26.2 Å². The fraction of sp³-hybridized carbons (Fsp3) is 0.385. The SMILES string of the molecule is CC.Cc1csc(NC(=O)Cc2nc(C)sc2C(=O)O)n1. The number of carbonyl (C=O) groups is 2. The number of carboxylic acid groups (broad SMARTS) is 1. The van der Waals surface area contributed by atoms with Crippen LogP contribution in [0.2, 0.25) is 0 Å². The molecule has 0 saturated carbocycles. The van der Waals surface area contributed by atoms with Gasteiger partial charge in [-0.3, -0.25) is 4.79 Å². The summed E-state index contributed by atoms with van der Waals surface area (Å²) in [5, 5.41) is 14.6. The van der Waals surface area contributed by atoms with E-state index in [-0.39, 0.29) is 17.2 Å². The van der Waals surface area contributed by atoms with Gasteiger partial charge < -0.3 is 10.4 Å². The first-order valence-electron chi connectivity index (χ1n) is 6.37. The van der Waals surface area contributed by atoms with E-state index >= 15 is 0 Å². The fourth-order valence-electron chi connectivity index (χ4n) is 1.48. The van der Waals surface area contributed by atoms with Crippen molar-refractivity contribution in [2.75, 3.05) is 5.32 Å². The van der Waals surface area contributed by atoms with Gasteiger partial charge in [-0.2, -0.15) is 0 Å². The van der Waals surface area contributed by atoms with Gasteiger partial charge in [-0.15, -0.1) is 22.7 Å². The number of thiazole rings is 2. The number of aryl methyl sites for hydroxylation is 2. The van der Waals surface area contributed by atoms with Gasteiger partial charge in [0.05, 0.1) is 22.8 Å². The van der Waals surface area contributed by atoms with Crippen LogP contribution in [0.25, 0.3) is 0 Å². The van der Waals surface area contributed by atoms with Gasteiger partial charge in [0.25, 0.3) is 0 Å². The summed E-state index contributed by atoms with van der Waals surface area (Å²) in [6.45, 7) is 7.54. The van der Waals surface area contributed by atoms with Crippen molar-refractivity contribution in [3.8, 4) is 0 Å². The van der Waals surface area contributed by atoms with Gasteiger partial charge in [0.15, 0.2) is 5.13 Å². The molecule has 6 nitrogen and oxygen atoms in total. The Labute approximate surface area is 130 Å². The van der Waals surface area contributed by atoms with Crippen LogP contribution >= 0.6 is 22.7 Å². The molecule has 0 aromatic carbocycles. The lowest BCUT2D eigenvalue weighted by Crippen LogP contribution is -2.16. The van der Waals surface area contributed by atoms with Crippen molar-refractivity contribution in [3.05, 3.63) is 26.7 Å². The number of hydrogen-bond acceptors (Lipinski definition) is 6. The molecule has 2 rings (SSSR count). The number of aromatic carboxylic acids is 1. The highest BCUT2D eigenvalue weighted by Crippen LogP contribution is 2.19. The van der Waals surface area contributed by atoms with Crippen molar-refractivity contribution in [2.45, 2.75) is 34.1 Å². The highest BCUT2D eigenvalue weighted by atomic mass is 32.1. The zero-order chi connectivity index (χ0) is 16.0. The molecule has 8 heteroatoms. The van der Waals surface area contributed by atoms with Gasteiger partial charge in [-0.25, -0.2) is 14.8 Å². The first kappa shape index (κ1) is 17.3. The smallest absolute Gasteiger partial charge is 0.347 e. The summed E-state index contributed by atoms with van der Waals surface area (Å²) < 4.78 is 0. The maximum Gasteiger partial charge on any atom is 0.347 e. The Morgan fingerprint density at radius 2 is 1.95 bits per heavy atom. The summed E-state index contributed by atoms with van der Waals surface area (Å²) in [6.07, 6.45) is -0.0649. The molecule has 0 aliphatic rings. The predicted molar refractivity (Wildman–Crippen MR) is 84.3 cm³/mol. The van der Waals surface area contributed by atoms with E-state index in [0.29, 0.717) is 15.8 Å². The van der Waals surface area contributed by atoms with Crippen molar-refractivity contribution in [1.29, 1.82) is 0 Å². The lowest BCUT2D eigenvalue weighted by atomic mass is 10.2. The Bertz CT molecular complexity index is 634. The van der Waals surface area contributed by atoms with Crippen LogP contribution in [0.1, 0.15) is 39.9 Å². The van der Waals surface area contributed by atoms with Crippen LogP contribution in [0.15, 0.2) is 5.38 Å². The highest BCUT2D eigenvalue weighted by molar-refractivity contribution is 7.14. The minimum absolute atomic E-state index is 0.0649. The monoisotopic (exact) mass is 327 g/mol. The summed E-state index contributed by atoms with van der Waals surface area (Å²) in [4.78, 5) is 31.1. The highest BCUT2D eigenvalue weighted by Gasteiger charge is 2.18. The number of hydrogen-bond donors (Lipinski definition) is 2. The molecule has 2 N–H and O–H groups in total. The normalized spacial score (nSPS) is 9.71. The molecule has 0 atom stereocenters. The number of rotatable bonds is 4. The Kier molecular flexibility index (Phi) is 6.44. The molecule has 0 unspecified atom stereocenters. The van der Waals surface area contributed by atoms with E-state index in [2.05, 4.69) is 15.3 Å². The molecule has 21 heavy (non-hydrogen) atoms. The minimum atomic E-state index is -1.06. The van der Waals surface area contributed by atoms with Crippen LogP contribution in [0.3, 0.4) is 0 Å². The molecular formula is C13H17N3O3S2. The van der Waals surface area contributed by atoms with Crippen molar-refractivity contribution < 1.29 is 14.7 Å². The van der Waals surface area contributed by atoms with E-state index in [0.717, 1.165) is 17.0 Å². The quantitative estimate of drug-likeness (QED) is 0.900. The van der Waals surface area contributed by atoms with E-state index in [1.54, 1.807) is 6.92 Å². The molecule has 0 spiro atoms. The molecule has 0 aliphatic heterocycles. The van der Waals surface area contributed by atoms with Crippen LogP contribution in [0, 0.1) is 13.8 Å². The summed E-state index contributed by atoms with van der Waals surface area (Å²) in [5.74, 6) is -1.37. The number of aromatic nitrogens is 2. The van der Waals surface area contributed by atoms with Gasteiger partial charge in [0.1, 0.15) is 4.88 Å². The Morgan fingerprint density at radius 1 is 1.29 bits per heavy atom. The van der Waals surface area contributed by atoms with Crippen molar-refractivity contribution in [3.63, 3.8) is 0 Å². The lowest BCUT2D eigenvalue weighted by molar-refractivity contribution is -0.115. The summed E-state index contributed by atoms with van der Waals surface area (Å²) in [7, 11) is 0. The molecule has 2 aromatic heterocycles. The topological polar surface area (TPSA) is 92.2 Å². The number of anilines is 1. The summed E-state index contributed by atoms with van der Waals surface area (Å²) in [5.41, 5.74) is 1.12. The minimum Gasteiger partial charge on any atom is -0.477 e. The fourth-order valence-corrected chi connectivity index (χ4v) is 2.96. The maximum absolute atomic E-state index is 11.8. The zero-order valence-electron chi connectivity index (χ0n) is 12.3. The average Bonchev–Trinajstić information content (AvgIpc) is 2.98. The molecule has 114 valence electrons. The van der Waals surface area contributed by atoms with Crippen LogP contribution in [-0.2, 0) is 11.2 Å². The third-order valence-corrected chi connectivity index (χ3v) is 4.07. The van der Waals surface area contributed by atoms with Crippen LogP contribution in [0.4, 0.5) is 5.13 Å². The number of nitrogens with zero attached hydrogens (tertiary/aromatic N) is 2. The van der Waals surface area contributed by atoms with Gasteiger partial charge >= 0.3 is 5.97 Å². The molecule has 0 fully saturated rings. The molecule has 1 amide bonds. The molecule has 0 aliphatic carbocycles. The standard InChI is InChI=1S/C11H11N3O3S2.C2H6/c1-5-4-18-11(12-5)14-8(15)3-7-9(10(16)17)19-6(2)13-7;1-2/h4H,3H2,1-2H3,(H,16,17)(H,12,14,15);1-2H3. The van der Waals surface area contributed by atoms with Crippen LogP contribution < -0.4 is 5.32 Å². The predicted octanol–water partition coefficient (Wildman–Crippen LogP) is 3.12. The number of carbonyl (C=O) groups excluding carboxylic acids is 1. The van der Waals surface area contributed by atoms with Crippen LogP contribution in [0.5, 0.6) is 0 Å². The second-order valence-corrected chi connectivity index (χ2v) is 5.89. The molecule has 2 aromatic rings. The first-order valence-corrected chi connectivity index (χ1v) is 8.07. The average molecular weight is 327 g/mol. The second-order valence-electron chi connectivity index (χ2n) is 3.83. The third-order valence-electron chi connectivity index (χ3n) is 2.19. The number of carboxylic acids is 1. The second kappa shape index (κ2) is 7.84. The molecule has 0 saturated heterocycles. The van der Waals surface area contributed by atoms with Gasteiger partial charge in [0.2, 0.25) is 5.91 Å². The Balaban J connectivity index is 0.00000106. The van der Waals surface area contributed by atoms with Gasteiger partial charge in [-0.1, -0.05) is 13.8 Å². The Hall–Kier alpha value is -1.80. The zero-order valence-corrected chi connectivity index (χ0v) is 13.9. The molecule has 2 heterocycles. The van der Waals surface area contributed by atoms with Gasteiger partial charge in [-0.05, 0) is 13.8 Å². The van der Waals surface area contributed by atoms with E-state index in [1.165, 1.54) is 11.3 Å². The largest absolute Gasteiger partial charge is 0.477 e. The third kappa shape index (κ3) is 4.91. The van der Waals surface area contributed by atoms with Gasteiger partial charge in [0, 0.05) is 5.38 Å². The molecular weight excluding hydrogens is 310 g/mol. The molecule has 0 bridgehead atoms.